The monoisotopic (exact) mass is 1050 g/mol. The van der Waals surface area contributed by atoms with E-state index in [0.717, 1.165) is 79.2 Å². The van der Waals surface area contributed by atoms with Crippen LogP contribution < -0.4 is 20.7 Å². The third-order valence-electron chi connectivity index (χ3n) is 14.4. The van der Waals surface area contributed by atoms with Gasteiger partial charge in [-0.3, -0.25) is 24.2 Å². The van der Waals surface area contributed by atoms with E-state index >= 15 is 4.39 Å². The van der Waals surface area contributed by atoms with E-state index in [1.807, 2.05) is 65.6 Å². The van der Waals surface area contributed by atoms with Gasteiger partial charge in [-0.2, -0.15) is 0 Å². The van der Waals surface area contributed by atoms with Gasteiger partial charge in [0.15, 0.2) is 0 Å². The Morgan fingerprint density at radius 2 is 1.47 bits per heavy atom. The Balaban J connectivity index is 0.781. The van der Waals surface area contributed by atoms with Gasteiger partial charge in [-0.05, 0) is 133 Å². The molecule has 7 rings (SSSR count). The average molecular weight is 1060 g/mol. The van der Waals surface area contributed by atoms with Crippen LogP contribution >= 0.6 is 0 Å². The number of ether oxygens (including phenoxy) is 4. The van der Waals surface area contributed by atoms with Crippen molar-refractivity contribution >= 4 is 34.8 Å². The number of phenolic OH excluding ortho intramolecular Hbond substituents is 1. The Morgan fingerprint density at radius 3 is 2.17 bits per heavy atom. The van der Waals surface area contributed by atoms with Crippen molar-refractivity contribution in [3.63, 3.8) is 0 Å². The molecule has 4 amide bonds. The van der Waals surface area contributed by atoms with E-state index in [4.69, 9.17) is 18.9 Å². The predicted octanol–water partition coefficient (Wildman–Crippen LogP) is 8.62. The molecule has 4 N–H and O–H groups in total. The second-order valence-electron chi connectivity index (χ2n) is 19.6. The third kappa shape index (κ3) is 16.3. The van der Waals surface area contributed by atoms with E-state index in [1.54, 1.807) is 56.5 Å². The minimum atomic E-state index is -0.663. The number of likely N-dealkylation sites (tertiary alicyclic amines) is 1. The molecule has 15 nitrogen and oxygen atoms in total. The second kappa shape index (κ2) is 29.5. The largest absolute Gasteiger partial charge is 0.508 e. The number of aromatic nitrogens is 1. The maximum Gasteiger partial charge on any atom is 0.254 e. The van der Waals surface area contributed by atoms with Crippen molar-refractivity contribution in [2.75, 3.05) is 80.0 Å². The zero-order chi connectivity index (χ0) is 54.5. The van der Waals surface area contributed by atoms with Crippen molar-refractivity contribution in [1.82, 2.24) is 30.7 Å². The second-order valence-corrected chi connectivity index (χ2v) is 19.6. The summed E-state index contributed by atoms with van der Waals surface area (Å²) in [5.74, 6) is -0.733. The number of pyridine rings is 1. The molecule has 1 saturated heterocycles. The van der Waals surface area contributed by atoms with Gasteiger partial charge in [0.05, 0.1) is 57.2 Å². The van der Waals surface area contributed by atoms with Gasteiger partial charge in [0.25, 0.3) is 5.91 Å². The normalized spacial score (nSPS) is 15.8. The van der Waals surface area contributed by atoms with Crippen molar-refractivity contribution < 1.29 is 47.6 Å². The maximum atomic E-state index is 15.1. The number of likely N-dealkylation sites (N-methyl/N-ethyl adjacent to an activating group) is 2. The molecule has 1 aliphatic heterocycles. The Hall–Kier alpha value is -6.98. The average Bonchev–Trinajstić information content (AvgIpc) is 3.98. The predicted molar refractivity (Wildman–Crippen MR) is 295 cm³/mol. The van der Waals surface area contributed by atoms with Gasteiger partial charge in [0.1, 0.15) is 36.6 Å². The molecule has 2 heterocycles. The first-order valence-corrected chi connectivity index (χ1v) is 27.0. The summed E-state index contributed by atoms with van der Waals surface area (Å²) in [4.78, 5) is 61.2. The van der Waals surface area contributed by atoms with Gasteiger partial charge in [0.2, 0.25) is 17.7 Å². The molecule has 4 aromatic carbocycles. The van der Waals surface area contributed by atoms with Crippen LogP contribution in [0.3, 0.4) is 0 Å². The number of rotatable bonds is 27. The minimum Gasteiger partial charge on any atom is -0.508 e. The molecule has 16 heteroatoms. The van der Waals surface area contributed by atoms with Crippen molar-refractivity contribution in [3.05, 3.63) is 149 Å². The fourth-order valence-electron chi connectivity index (χ4n) is 9.98. The number of carbonyl (C=O) groups excluding carboxylic acids is 4. The highest BCUT2D eigenvalue weighted by Crippen LogP contribution is 2.38. The van der Waals surface area contributed by atoms with E-state index in [1.165, 1.54) is 17.7 Å². The van der Waals surface area contributed by atoms with Gasteiger partial charge in [-0.1, -0.05) is 86.8 Å². The smallest absolute Gasteiger partial charge is 0.254 e. The summed E-state index contributed by atoms with van der Waals surface area (Å²) in [5.41, 5.74) is 7.45. The van der Waals surface area contributed by atoms with Crippen LogP contribution in [0.5, 0.6) is 11.5 Å². The molecule has 0 unspecified atom stereocenters. The summed E-state index contributed by atoms with van der Waals surface area (Å²) >= 11 is 0. The number of aromatic hydroxyl groups is 1. The number of nitrogens with zero attached hydrogens (tertiary/aromatic N) is 3. The number of carbonyl (C=O) groups is 4. The van der Waals surface area contributed by atoms with Gasteiger partial charge >= 0.3 is 0 Å². The number of nitrogens with one attached hydrogen (secondary N) is 3. The van der Waals surface area contributed by atoms with Crippen molar-refractivity contribution in [2.45, 2.75) is 83.3 Å². The van der Waals surface area contributed by atoms with Crippen molar-refractivity contribution in [2.24, 2.45) is 5.92 Å². The number of allylic oxidation sites excluding steroid dienone is 1. The Morgan fingerprint density at radius 1 is 0.779 bits per heavy atom. The standard InChI is InChI=1S/C61H75FN6O9/c1-5-52(43-13-8-6-9-14-43)57(44-18-23-50(69)24-19-44)45-20-25-51(26-21-45)77-32-30-67(4)56(70)41-76-36-35-75-34-33-74-31-28-65-60(72)53-38-47(22-27-54(53)62)48-37-49(40-64-39-48)55-17-12-29-68(55)61(73)58(46-15-10-7-11-16-46)66-59(71)42(2)63-3/h6,8-9,13-14,18-27,37-40,42,46,55,58,63,69H,5,7,10-12,15-17,28-36,41H2,1-4H3,(H,65,72)(H,66,71)/b57-52-/t42-,55-,58-/m0/s1. The number of halogens is 1. The zero-order valence-corrected chi connectivity index (χ0v) is 44.9. The number of benzene rings is 4. The molecule has 410 valence electrons. The molecule has 0 radical (unpaired) electrons. The lowest BCUT2D eigenvalue weighted by molar-refractivity contribution is -0.139. The van der Waals surface area contributed by atoms with E-state index in [9.17, 15) is 24.3 Å². The molecule has 1 aromatic heterocycles. The van der Waals surface area contributed by atoms with Crippen LogP contribution in [-0.2, 0) is 28.6 Å². The van der Waals surface area contributed by atoms with Crippen molar-refractivity contribution in [3.8, 4) is 22.6 Å². The van der Waals surface area contributed by atoms with E-state index in [-0.39, 0.29) is 87.2 Å². The van der Waals surface area contributed by atoms with Crippen molar-refractivity contribution in [1.29, 1.82) is 0 Å². The molecule has 77 heavy (non-hydrogen) atoms. The number of amides is 4. The molecule has 5 aromatic rings. The zero-order valence-electron chi connectivity index (χ0n) is 44.9. The highest BCUT2D eigenvalue weighted by Gasteiger charge is 2.39. The van der Waals surface area contributed by atoms with Crippen LogP contribution in [0.4, 0.5) is 4.39 Å². The highest BCUT2D eigenvalue weighted by molar-refractivity contribution is 5.99. The van der Waals surface area contributed by atoms with Gasteiger partial charge in [-0.15, -0.1) is 0 Å². The fraction of sp³-hybridized carbons (Fsp3) is 0.426. The van der Waals surface area contributed by atoms with Gasteiger partial charge in [0, 0.05) is 38.1 Å². The molecule has 3 atom stereocenters. The molecule has 2 fully saturated rings. The lowest BCUT2D eigenvalue weighted by Gasteiger charge is -2.35. The lowest BCUT2D eigenvalue weighted by Crippen LogP contribution is -2.55. The van der Waals surface area contributed by atoms with Crippen LogP contribution in [-0.4, -0.2) is 136 Å². The van der Waals surface area contributed by atoms with E-state index in [0.29, 0.717) is 36.6 Å². The SMILES string of the molecule is CC/C(=C(\c1ccc(O)cc1)c1ccc(OCCN(C)C(=O)COCCOCCOCCNC(=O)c2cc(-c3cncc([C@@H]4CCCN4C(=O)[C@@H](NC(=O)[C@H](C)NC)C4CCCCC4)c3)ccc2F)cc1)c1ccccc1. The van der Waals surface area contributed by atoms with Crippen LogP contribution in [0.2, 0.25) is 0 Å². The summed E-state index contributed by atoms with van der Waals surface area (Å²) in [7, 11) is 3.43. The minimum absolute atomic E-state index is 0.0711. The first-order chi connectivity index (χ1) is 37.4. The number of hydrogen-bond donors (Lipinski definition) is 4. The summed E-state index contributed by atoms with van der Waals surface area (Å²) in [6.07, 6.45) is 10.8. The molecular weight excluding hydrogens is 980 g/mol. The Bertz CT molecular complexity index is 2740. The fourth-order valence-corrected chi connectivity index (χ4v) is 9.98. The number of hydrogen-bond acceptors (Lipinski definition) is 11. The Kier molecular flexibility index (Phi) is 22.1. The quantitative estimate of drug-likeness (QED) is 0.0292. The highest BCUT2D eigenvalue weighted by atomic mass is 19.1. The molecule has 1 saturated carbocycles. The topological polar surface area (TPSA) is 181 Å². The Labute approximate surface area is 452 Å². The van der Waals surface area contributed by atoms with Crippen LogP contribution in [0.15, 0.2) is 116 Å². The molecule has 1 aliphatic carbocycles. The first-order valence-electron chi connectivity index (χ1n) is 27.0. The van der Waals surface area contributed by atoms with E-state index in [2.05, 4.69) is 40.0 Å². The van der Waals surface area contributed by atoms with Gasteiger partial charge < -0.3 is 49.8 Å². The lowest BCUT2D eigenvalue weighted by atomic mass is 9.83. The molecule has 0 bridgehead atoms. The van der Waals surface area contributed by atoms with E-state index < -0.39 is 23.8 Å². The molecular formula is C61H75FN6O9. The van der Waals surface area contributed by atoms with Crippen LogP contribution in [0.25, 0.3) is 22.3 Å². The summed E-state index contributed by atoms with van der Waals surface area (Å²) in [5, 5.41) is 18.7. The van der Waals surface area contributed by atoms with Crippen LogP contribution in [0, 0.1) is 11.7 Å². The summed E-state index contributed by atoms with van der Waals surface area (Å²) in [6, 6.07) is 30.5. The first kappa shape index (κ1) is 57.7. The molecule has 0 spiro atoms. The van der Waals surface area contributed by atoms with Gasteiger partial charge in [-0.25, -0.2) is 4.39 Å². The summed E-state index contributed by atoms with van der Waals surface area (Å²) in [6.45, 7) is 6.38. The molecule has 2 aliphatic rings. The third-order valence-corrected chi connectivity index (χ3v) is 14.4. The van der Waals surface area contributed by atoms with Crippen LogP contribution in [0.1, 0.15) is 104 Å². The number of phenols is 1. The summed E-state index contributed by atoms with van der Waals surface area (Å²) < 4.78 is 37.8. The maximum absolute atomic E-state index is 15.1.